The average Bonchev–Trinajstić information content (AvgIpc) is 2.34. The summed E-state index contributed by atoms with van der Waals surface area (Å²) in [5.41, 5.74) is 1.36. The fourth-order valence-electron chi connectivity index (χ4n) is 1.94. The van der Waals surface area contributed by atoms with Crippen LogP contribution in [0, 0.1) is 0 Å². The van der Waals surface area contributed by atoms with Crippen molar-refractivity contribution in [2.45, 2.75) is 26.2 Å². The molecule has 2 heteroatoms. The molecule has 0 saturated carbocycles. The molecule has 0 bridgehead atoms. The van der Waals surface area contributed by atoms with E-state index in [2.05, 4.69) is 61.2 Å². The number of anilines is 1. The summed E-state index contributed by atoms with van der Waals surface area (Å²) in [6.07, 6.45) is 3.76. The highest BCUT2D eigenvalue weighted by atomic mass is 15.1. The van der Waals surface area contributed by atoms with Gasteiger partial charge in [0.15, 0.2) is 0 Å². The summed E-state index contributed by atoms with van der Waals surface area (Å²) in [5.74, 6) is 0. The number of hydrogen-bond donors (Lipinski definition) is 0. The minimum Gasteiger partial charge on any atom is -0.371 e. The van der Waals surface area contributed by atoms with Crippen molar-refractivity contribution >= 4 is 5.69 Å². The predicted molar refractivity (Wildman–Crippen MR) is 76.7 cm³/mol. The van der Waals surface area contributed by atoms with Crippen LogP contribution < -0.4 is 4.90 Å². The standard InChI is InChI=1S/C15H26N2/c1-4-5-13-17(14-9-12-16(2)3)15-10-7-6-8-11-15/h6-8,10-11H,4-5,9,12-14H2,1-3H3. The Hall–Kier alpha value is -1.02. The molecular formula is C15H26N2. The number of rotatable bonds is 8. The molecule has 0 radical (unpaired) electrons. The van der Waals surface area contributed by atoms with Gasteiger partial charge in [-0.05, 0) is 45.6 Å². The van der Waals surface area contributed by atoms with Gasteiger partial charge >= 0.3 is 0 Å². The van der Waals surface area contributed by atoms with Gasteiger partial charge < -0.3 is 9.80 Å². The first-order valence-electron chi connectivity index (χ1n) is 6.68. The zero-order valence-electron chi connectivity index (χ0n) is 11.5. The van der Waals surface area contributed by atoms with Crippen molar-refractivity contribution in [2.75, 3.05) is 38.6 Å². The molecule has 17 heavy (non-hydrogen) atoms. The molecule has 96 valence electrons. The van der Waals surface area contributed by atoms with Gasteiger partial charge in [-0.25, -0.2) is 0 Å². The molecule has 1 rings (SSSR count). The van der Waals surface area contributed by atoms with Crippen LogP contribution in [-0.2, 0) is 0 Å². The summed E-state index contributed by atoms with van der Waals surface area (Å²) < 4.78 is 0. The minimum atomic E-state index is 1.15. The van der Waals surface area contributed by atoms with Crippen molar-refractivity contribution in [1.82, 2.24) is 4.90 Å². The molecular weight excluding hydrogens is 208 g/mol. The third-order valence-electron chi connectivity index (χ3n) is 2.94. The van der Waals surface area contributed by atoms with Gasteiger partial charge in [-0.1, -0.05) is 31.5 Å². The average molecular weight is 234 g/mol. The molecule has 0 N–H and O–H groups in total. The van der Waals surface area contributed by atoms with E-state index in [0.717, 1.165) is 13.1 Å². The normalized spacial score (nSPS) is 10.8. The number of benzene rings is 1. The molecule has 0 saturated heterocycles. The Balaban J connectivity index is 2.48. The largest absolute Gasteiger partial charge is 0.371 e. The molecule has 0 fully saturated rings. The summed E-state index contributed by atoms with van der Waals surface area (Å²) in [6.45, 7) is 5.74. The maximum Gasteiger partial charge on any atom is 0.0366 e. The second-order valence-electron chi connectivity index (χ2n) is 4.83. The quantitative estimate of drug-likeness (QED) is 0.681. The van der Waals surface area contributed by atoms with E-state index in [1.807, 2.05) is 0 Å². The van der Waals surface area contributed by atoms with Crippen molar-refractivity contribution in [3.8, 4) is 0 Å². The maximum atomic E-state index is 2.51. The van der Waals surface area contributed by atoms with E-state index < -0.39 is 0 Å². The van der Waals surface area contributed by atoms with Gasteiger partial charge in [0.25, 0.3) is 0 Å². The summed E-state index contributed by atoms with van der Waals surface area (Å²) >= 11 is 0. The van der Waals surface area contributed by atoms with Crippen molar-refractivity contribution < 1.29 is 0 Å². The van der Waals surface area contributed by atoms with Crippen LogP contribution in [0.2, 0.25) is 0 Å². The molecule has 0 atom stereocenters. The summed E-state index contributed by atoms with van der Waals surface area (Å²) in [5, 5.41) is 0. The van der Waals surface area contributed by atoms with Gasteiger partial charge in [0.1, 0.15) is 0 Å². The van der Waals surface area contributed by atoms with Gasteiger partial charge in [-0.3, -0.25) is 0 Å². The first-order valence-corrected chi connectivity index (χ1v) is 6.68. The highest BCUT2D eigenvalue weighted by Crippen LogP contribution is 2.14. The second kappa shape index (κ2) is 8.13. The lowest BCUT2D eigenvalue weighted by molar-refractivity contribution is 0.400. The second-order valence-corrected chi connectivity index (χ2v) is 4.83. The summed E-state index contributed by atoms with van der Waals surface area (Å²) in [6, 6.07) is 10.8. The maximum absolute atomic E-state index is 2.51. The van der Waals surface area contributed by atoms with Gasteiger partial charge in [0, 0.05) is 18.8 Å². The molecule has 0 unspecified atom stereocenters. The highest BCUT2D eigenvalue weighted by molar-refractivity contribution is 5.45. The SMILES string of the molecule is CCCCN(CCCN(C)C)c1ccccc1. The third kappa shape index (κ3) is 5.73. The molecule has 0 aliphatic rings. The van der Waals surface area contributed by atoms with Crippen LogP contribution in [0.4, 0.5) is 5.69 Å². The van der Waals surface area contributed by atoms with Gasteiger partial charge in [0.2, 0.25) is 0 Å². The Morgan fingerprint density at radius 2 is 1.53 bits per heavy atom. The van der Waals surface area contributed by atoms with Gasteiger partial charge in [-0.2, -0.15) is 0 Å². The first kappa shape index (κ1) is 14.0. The Bertz CT molecular complexity index is 282. The Morgan fingerprint density at radius 1 is 0.882 bits per heavy atom. The molecule has 0 aromatic heterocycles. The number of para-hydroxylation sites is 1. The van der Waals surface area contributed by atoms with Crippen molar-refractivity contribution in [2.24, 2.45) is 0 Å². The number of hydrogen-bond acceptors (Lipinski definition) is 2. The molecule has 2 nitrogen and oxygen atoms in total. The van der Waals surface area contributed by atoms with Crippen LogP contribution in [0.1, 0.15) is 26.2 Å². The summed E-state index contributed by atoms with van der Waals surface area (Å²) in [4.78, 5) is 4.76. The van der Waals surface area contributed by atoms with Crippen LogP contribution in [0.25, 0.3) is 0 Å². The Morgan fingerprint density at radius 3 is 2.12 bits per heavy atom. The van der Waals surface area contributed by atoms with E-state index in [0.29, 0.717) is 0 Å². The molecule has 0 heterocycles. The van der Waals surface area contributed by atoms with Crippen LogP contribution in [-0.4, -0.2) is 38.6 Å². The van der Waals surface area contributed by atoms with Crippen molar-refractivity contribution in [3.05, 3.63) is 30.3 Å². The van der Waals surface area contributed by atoms with E-state index in [4.69, 9.17) is 0 Å². The molecule has 0 aliphatic carbocycles. The zero-order valence-corrected chi connectivity index (χ0v) is 11.5. The number of unbranched alkanes of at least 4 members (excludes halogenated alkanes) is 1. The van der Waals surface area contributed by atoms with Crippen molar-refractivity contribution in [3.63, 3.8) is 0 Å². The van der Waals surface area contributed by atoms with Crippen LogP contribution >= 0.6 is 0 Å². The highest BCUT2D eigenvalue weighted by Gasteiger charge is 2.05. The molecule has 1 aromatic carbocycles. The van der Waals surface area contributed by atoms with E-state index in [1.165, 1.54) is 31.5 Å². The molecule has 0 spiro atoms. The smallest absolute Gasteiger partial charge is 0.0366 e. The molecule has 0 amide bonds. The number of nitrogens with zero attached hydrogens (tertiary/aromatic N) is 2. The van der Waals surface area contributed by atoms with E-state index in [-0.39, 0.29) is 0 Å². The fourth-order valence-corrected chi connectivity index (χ4v) is 1.94. The first-order chi connectivity index (χ1) is 8.24. The van der Waals surface area contributed by atoms with E-state index >= 15 is 0 Å². The summed E-state index contributed by atoms with van der Waals surface area (Å²) in [7, 11) is 4.28. The minimum absolute atomic E-state index is 1.15. The van der Waals surface area contributed by atoms with Crippen LogP contribution in [0.5, 0.6) is 0 Å². The van der Waals surface area contributed by atoms with Gasteiger partial charge in [-0.15, -0.1) is 0 Å². The molecule has 1 aromatic rings. The van der Waals surface area contributed by atoms with Gasteiger partial charge in [0.05, 0.1) is 0 Å². The lowest BCUT2D eigenvalue weighted by Crippen LogP contribution is -2.28. The van der Waals surface area contributed by atoms with Crippen LogP contribution in [0.3, 0.4) is 0 Å². The van der Waals surface area contributed by atoms with Crippen LogP contribution in [0.15, 0.2) is 30.3 Å². The lowest BCUT2D eigenvalue weighted by atomic mass is 10.2. The lowest BCUT2D eigenvalue weighted by Gasteiger charge is -2.25. The molecule has 0 aliphatic heterocycles. The Kier molecular flexibility index (Phi) is 6.71. The Labute approximate surface area is 106 Å². The fraction of sp³-hybridized carbons (Fsp3) is 0.600. The monoisotopic (exact) mass is 234 g/mol. The predicted octanol–water partition coefficient (Wildman–Crippen LogP) is 3.24. The van der Waals surface area contributed by atoms with E-state index in [9.17, 15) is 0 Å². The topological polar surface area (TPSA) is 6.48 Å². The van der Waals surface area contributed by atoms with E-state index in [1.54, 1.807) is 0 Å². The van der Waals surface area contributed by atoms with Crippen molar-refractivity contribution in [1.29, 1.82) is 0 Å². The zero-order chi connectivity index (χ0) is 12.5. The third-order valence-corrected chi connectivity index (χ3v) is 2.94.